The molecule has 1 fully saturated rings. The SMILES string of the molecule is CC(C)C1NCCCC1N. The molecular formula is C8H18N2. The Morgan fingerprint density at radius 2 is 2.20 bits per heavy atom. The molecule has 1 aliphatic heterocycles. The molecule has 0 radical (unpaired) electrons. The zero-order valence-corrected chi connectivity index (χ0v) is 6.93. The summed E-state index contributed by atoms with van der Waals surface area (Å²) in [6.07, 6.45) is 2.43. The quantitative estimate of drug-likeness (QED) is 0.566. The van der Waals surface area contributed by atoms with Gasteiger partial charge in [-0.2, -0.15) is 0 Å². The van der Waals surface area contributed by atoms with Crippen LogP contribution in [0.2, 0.25) is 0 Å². The van der Waals surface area contributed by atoms with Crippen LogP contribution >= 0.6 is 0 Å². The Kier molecular flexibility index (Phi) is 2.69. The van der Waals surface area contributed by atoms with Gasteiger partial charge in [-0.05, 0) is 25.3 Å². The van der Waals surface area contributed by atoms with Crippen molar-refractivity contribution in [2.45, 2.75) is 38.8 Å². The van der Waals surface area contributed by atoms with Crippen molar-refractivity contribution < 1.29 is 0 Å². The summed E-state index contributed by atoms with van der Waals surface area (Å²) in [7, 11) is 0. The molecule has 10 heavy (non-hydrogen) atoms. The molecule has 2 heteroatoms. The minimum Gasteiger partial charge on any atom is -0.326 e. The average Bonchev–Trinajstić information content (AvgIpc) is 1.88. The van der Waals surface area contributed by atoms with E-state index in [1.807, 2.05) is 0 Å². The first-order valence-electron chi connectivity index (χ1n) is 4.21. The van der Waals surface area contributed by atoms with Crippen molar-refractivity contribution in [2.24, 2.45) is 11.7 Å². The Balaban J connectivity index is 2.40. The maximum absolute atomic E-state index is 5.92. The predicted octanol–water partition coefficient (Wildman–Crippen LogP) is 0.722. The summed E-state index contributed by atoms with van der Waals surface area (Å²) in [5.74, 6) is 0.676. The third-order valence-electron chi connectivity index (χ3n) is 2.27. The van der Waals surface area contributed by atoms with Crippen molar-refractivity contribution in [2.75, 3.05) is 6.54 Å². The van der Waals surface area contributed by atoms with Crippen molar-refractivity contribution >= 4 is 0 Å². The van der Waals surface area contributed by atoms with E-state index in [9.17, 15) is 0 Å². The van der Waals surface area contributed by atoms with Crippen molar-refractivity contribution in [1.29, 1.82) is 0 Å². The monoisotopic (exact) mass is 142 g/mol. The molecular weight excluding hydrogens is 124 g/mol. The van der Waals surface area contributed by atoms with Gasteiger partial charge in [0.15, 0.2) is 0 Å². The summed E-state index contributed by atoms with van der Waals surface area (Å²) in [6, 6.07) is 0.933. The molecule has 1 rings (SSSR count). The fourth-order valence-electron chi connectivity index (χ4n) is 1.67. The summed E-state index contributed by atoms with van der Waals surface area (Å²) in [4.78, 5) is 0. The highest BCUT2D eigenvalue weighted by atomic mass is 15.0. The van der Waals surface area contributed by atoms with E-state index in [0.717, 1.165) is 6.54 Å². The molecule has 0 aromatic heterocycles. The minimum absolute atomic E-state index is 0.383. The van der Waals surface area contributed by atoms with Gasteiger partial charge in [-0.1, -0.05) is 13.8 Å². The second kappa shape index (κ2) is 3.35. The molecule has 1 saturated heterocycles. The van der Waals surface area contributed by atoms with E-state index < -0.39 is 0 Å². The van der Waals surface area contributed by atoms with Crippen LogP contribution in [-0.2, 0) is 0 Å². The second-order valence-electron chi connectivity index (χ2n) is 3.53. The van der Waals surface area contributed by atoms with Crippen LogP contribution in [0.1, 0.15) is 26.7 Å². The zero-order valence-electron chi connectivity index (χ0n) is 6.93. The molecule has 3 N–H and O–H groups in total. The predicted molar refractivity (Wildman–Crippen MR) is 43.8 cm³/mol. The Morgan fingerprint density at radius 1 is 1.50 bits per heavy atom. The topological polar surface area (TPSA) is 38.0 Å². The van der Waals surface area contributed by atoms with E-state index in [-0.39, 0.29) is 0 Å². The van der Waals surface area contributed by atoms with Gasteiger partial charge in [0.2, 0.25) is 0 Å². The summed E-state index contributed by atoms with van der Waals surface area (Å²) in [6.45, 7) is 5.60. The molecule has 0 saturated carbocycles. The summed E-state index contributed by atoms with van der Waals surface area (Å²) >= 11 is 0. The second-order valence-corrected chi connectivity index (χ2v) is 3.53. The van der Waals surface area contributed by atoms with Crippen LogP contribution in [-0.4, -0.2) is 18.6 Å². The summed E-state index contributed by atoms with van der Waals surface area (Å²) in [5.41, 5.74) is 5.92. The molecule has 0 aliphatic carbocycles. The van der Waals surface area contributed by atoms with Crippen LogP contribution in [0.5, 0.6) is 0 Å². The number of nitrogens with one attached hydrogen (secondary N) is 1. The highest BCUT2D eigenvalue weighted by Crippen LogP contribution is 2.13. The Bertz CT molecular complexity index is 101. The number of nitrogens with two attached hydrogens (primary N) is 1. The van der Waals surface area contributed by atoms with E-state index in [0.29, 0.717) is 18.0 Å². The molecule has 0 bridgehead atoms. The molecule has 0 amide bonds. The van der Waals surface area contributed by atoms with E-state index in [1.54, 1.807) is 0 Å². The molecule has 0 spiro atoms. The van der Waals surface area contributed by atoms with Gasteiger partial charge in [0.05, 0.1) is 0 Å². The number of piperidine rings is 1. The highest BCUT2D eigenvalue weighted by Gasteiger charge is 2.23. The van der Waals surface area contributed by atoms with Crippen LogP contribution in [0.3, 0.4) is 0 Å². The fourth-order valence-corrected chi connectivity index (χ4v) is 1.67. The molecule has 1 heterocycles. The number of rotatable bonds is 1. The lowest BCUT2D eigenvalue weighted by molar-refractivity contribution is 0.286. The van der Waals surface area contributed by atoms with Gasteiger partial charge >= 0.3 is 0 Å². The van der Waals surface area contributed by atoms with Crippen LogP contribution in [0.4, 0.5) is 0 Å². The van der Waals surface area contributed by atoms with E-state index in [2.05, 4.69) is 19.2 Å². The summed E-state index contributed by atoms with van der Waals surface area (Å²) in [5, 5.41) is 3.44. The standard InChI is InChI=1S/C8H18N2/c1-6(2)8-7(9)4-3-5-10-8/h6-8,10H,3-5,9H2,1-2H3. The van der Waals surface area contributed by atoms with Gasteiger partial charge in [-0.15, -0.1) is 0 Å². The molecule has 1 aliphatic rings. The van der Waals surface area contributed by atoms with Gasteiger partial charge in [0.1, 0.15) is 0 Å². The average molecular weight is 142 g/mol. The minimum atomic E-state index is 0.383. The van der Waals surface area contributed by atoms with Gasteiger partial charge in [-0.3, -0.25) is 0 Å². The molecule has 2 unspecified atom stereocenters. The Hall–Kier alpha value is -0.0800. The van der Waals surface area contributed by atoms with E-state index in [1.165, 1.54) is 12.8 Å². The van der Waals surface area contributed by atoms with Crippen molar-refractivity contribution in [3.8, 4) is 0 Å². The van der Waals surface area contributed by atoms with Gasteiger partial charge in [-0.25, -0.2) is 0 Å². The number of hydrogen-bond acceptors (Lipinski definition) is 2. The van der Waals surface area contributed by atoms with Gasteiger partial charge in [0.25, 0.3) is 0 Å². The van der Waals surface area contributed by atoms with E-state index in [4.69, 9.17) is 5.73 Å². The van der Waals surface area contributed by atoms with Crippen molar-refractivity contribution in [3.05, 3.63) is 0 Å². The van der Waals surface area contributed by atoms with E-state index >= 15 is 0 Å². The lowest BCUT2D eigenvalue weighted by Gasteiger charge is -2.32. The van der Waals surface area contributed by atoms with Gasteiger partial charge < -0.3 is 11.1 Å². The van der Waals surface area contributed by atoms with Crippen molar-refractivity contribution in [1.82, 2.24) is 5.32 Å². The molecule has 0 aromatic carbocycles. The Labute approximate surface area is 63.2 Å². The lowest BCUT2D eigenvalue weighted by Crippen LogP contribution is -2.52. The first-order chi connectivity index (χ1) is 4.72. The molecule has 2 nitrogen and oxygen atoms in total. The van der Waals surface area contributed by atoms with Gasteiger partial charge in [0, 0.05) is 12.1 Å². The molecule has 60 valence electrons. The smallest absolute Gasteiger partial charge is 0.0241 e. The normalized spacial score (nSPS) is 34.8. The molecule has 0 aromatic rings. The Morgan fingerprint density at radius 3 is 2.60 bits per heavy atom. The zero-order chi connectivity index (χ0) is 7.56. The lowest BCUT2D eigenvalue weighted by atomic mass is 9.91. The largest absolute Gasteiger partial charge is 0.326 e. The third-order valence-corrected chi connectivity index (χ3v) is 2.27. The first-order valence-corrected chi connectivity index (χ1v) is 4.21. The van der Waals surface area contributed by atoms with Crippen molar-refractivity contribution in [3.63, 3.8) is 0 Å². The first kappa shape index (κ1) is 8.02. The molecule has 2 atom stereocenters. The van der Waals surface area contributed by atoms with Crippen LogP contribution in [0, 0.1) is 5.92 Å². The third kappa shape index (κ3) is 1.70. The van der Waals surface area contributed by atoms with Crippen LogP contribution in [0.15, 0.2) is 0 Å². The maximum Gasteiger partial charge on any atom is 0.0241 e. The van der Waals surface area contributed by atoms with Crippen LogP contribution < -0.4 is 11.1 Å². The van der Waals surface area contributed by atoms with Crippen LogP contribution in [0.25, 0.3) is 0 Å². The highest BCUT2D eigenvalue weighted by molar-refractivity contribution is 4.85. The maximum atomic E-state index is 5.92. The summed E-state index contributed by atoms with van der Waals surface area (Å²) < 4.78 is 0. The number of hydrogen-bond donors (Lipinski definition) is 2. The fraction of sp³-hybridized carbons (Fsp3) is 1.00.